The third kappa shape index (κ3) is 3.16. The Labute approximate surface area is 134 Å². The first kappa shape index (κ1) is 15.0. The third-order valence-electron chi connectivity index (χ3n) is 4.04. The van der Waals surface area contributed by atoms with Gasteiger partial charge in [0.1, 0.15) is 0 Å². The van der Waals surface area contributed by atoms with Crippen molar-refractivity contribution in [2.24, 2.45) is 0 Å². The highest BCUT2D eigenvalue weighted by Crippen LogP contribution is 2.34. The van der Waals surface area contributed by atoms with E-state index < -0.39 is 5.97 Å². The van der Waals surface area contributed by atoms with Gasteiger partial charge in [0.15, 0.2) is 0 Å². The molecule has 2 aromatic rings. The number of hydrogen-bond acceptors (Lipinski definition) is 2. The summed E-state index contributed by atoms with van der Waals surface area (Å²) in [6.07, 6.45) is 3.38. The predicted molar refractivity (Wildman–Crippen MR) is 89.3 cm³/mol. The molecule has 0 spiro atoms. The van der Waals surface area contributed by atoms with Crippen molar-refractivity contribution in [2.75, 3.05) is 11.4 Å². The molecule has 4 nitrogen and oxygen atoms in total. The Balaban J connectivity index is 1.89. The molecule has 0 aliphatic carbocycles. The highest BCUT2D eigenvalue weighted by Gasteiger charge is 2.34. The summed E-state index contributed by atoms with van der Waals surface area (Å²) in [6.45, 7) is 0.635. The van der Waals surface area contributed by atoms with Crippen molar-refractivity contribution in [2.45, 2.75) is 12.3 Å². The molecular formula is C19H17NO3. The van der Waals surface area contributed by atoms with E-state index in [1.54, 1.807) is 4.90 Å². The summed E-state index contributed by atoms with van der Waals surface area (Å²) in [5.41, 5.74) is 2.52. The van der Waals surface area contributed by atoms with Gasteiger partial charge in [-0.05, 0) is 29.7 Å². The van der Waals surface area contributed by atoms with Crippen LogP contribution < -0.4 is 4.90 Å². The van der Waals surface area contributed by atoms with Crippen molar-refractivity contribution in [3.63, 3.8) is 0 Å². The van der Waals surface area contributed by atoms with E-state index in [1.165, 1.54) is 6.08 Å². The summed E-state index contributed by atoms with van der Waals surface area (Å²) in [6, 6.07) is 17.1. The SMILES string of the molecule is O=C(O)/C=C/c1ccccc1N1CCC(c2ccccc2)C1=O. The lowest BCUT2D eigenvalue weighted by molar-refractivity contribution is -0.131. The molecule has 1 aliphatic rings. The van der Waals surface area contributed by atoms with Crippen LogP contribution in [-0.4, -0.2) is 23.5 Å². The molecule has 1 aliphatic heterocycles. The number of hydrogen-bond donors (Lipinski definition) is 1. The summed E-state index contributed by atoms with van der Waals surface area (Å²) < 4.78 is 0. The van der Waals surface area contributed by atoms with E-state index in [9.17, 15) is 9.59 Å². The minimum absolute atomic E-state index is 0.0624. The molecule has 2 aromatic carbocycles. The van der Waals surface area contributed by atoms with Gasteiger partial charge in [-0.2, -0.15) is 0 Å². The quantitative estimate of drug-likeness (QED) is 0.882. The van der Waals surface area contributed by atoms with Crippen molar-refractivity contribution in [3.8, 4) is 0 Å². The van der Waals surface area contributed by atoms with Gasteiger partial charge in [-0.15, -0.1) is 0 Å². The molecule has 4 heteroatoms. The van der Waals surface area contributed by atoms with Crippen LogP contribution in [0.3, 0.4) is 0 Å². The fourth-order valence-electron chi connectivity index (χ4n) is 2.95. The molecule has 0 bridgehead atoms. The lowest BCUT2D eigenvalue weighted by atomic mass is 9.98. The second kappa shape index (κ2) is 6.48. The van der Waals surface area contributed by atoms with Crippen LogP contribution in [0.1, 0.15) is 23.5 Å². The van der Waals surface area contributed by atoms with E-state index in [0.29, 0.717) is 6.54 Å². The summed E-state index contributed by atoms with van der Waals surface area (Å²) in [7, 11) is 0. The molecule has 116 valence electrons. The second-order valence-electron chi connectivity index (χ2n) is 5.47. The summed E-state index contributed by atoms with van der Waals surface area (Å²) in [4.78, 5) is 25.3. The molecule has 0 radical (unpaired) electrons. The zero-order valence-corrected chi connectivity index (χ0v) is 12.6. The molecule has 0 saturated carbocycles. The normalized spacial score (nSPS) is 17.8. The van der Waals surface area contributed by atoms with Gasteiger partial charge in [0.25, 0.3) is 0 Å². The fourth-order valence-corrected chi connectivity index (χ4v) is 2.95. The Kier molecular flexibility index (Phi) is 4.24. The summed E-state index contributed by atoms with van der Waals surface area (Å²) in [5, 5.41) is 8.81. The number of amides is 1. The second-order valence-corrected chi connectivity index (χ2v) is 5.47. The van der Waals surface area contributed by atoms with Crippen molar-refractivity contribution in [1.82, 2.24) is 0 Å². The lowest BCUT2D eigenvalue weighted by Crippen LogP contribution is -2.27. The largest absolute Gasteiger partial charge is 0.478 e. The Morgan fingerprint density at radius 1 is 1.09 bits per heavy atom. The van der Waals surface area contributed by atoms with Crippen molar-refractivity contribution < 1.29 is 14.7 Å². The van der Waals surface area contributed by atoms with Gasteiger partial charge in [0.2, 0.25) is 5.91 Å². The molecular weight excluding hydrogens is 290 g/mol. The first-order valence-corrected chi connectivity index (χ1v) is 7.53. The van der Waals surface area contributed by atoms with Crippen LogP contribution in [0.2, 0.25) is 0 Å². The Bertz CT molecular complexity index is 752. The molecule has 0 aromatic heterocycles. The average molecular weight is 307 g/mol. The van der Waals surface area contributed by atoms with Crippen molar-refractivity contribution in [3.05, 3.63) is 71.8 Å². The number of carbonyl (C=O) groups is 2. The highest BCUT2D eigenvalue weighted by atomic mass is 16.4. The first-order chi connectivity index (χ1) is 11.2. The van der Waals surface area contributed by atoms with E-state index in [0.717, 1.165) is 29.3 Å². The molecule has 1 fully saturated rings. The minimum Gasteiger partial charge on any atom is -0.478 e. The zero-order valence-electron chi connectivity index (χ0n) is 12.6. The van der Waals surface area contributed by atoms with Crippen LogP contribution in [0, 0.1) is 0 Å². The number of aliphatic carboxylic acids is 1. The molecule has 1 N–H and O–H groups in total. The monoisotopic (exact) mass is 307 g/mol. The summed E-state index contributed by atoms with van der Waals surface area (Å²) in [5.74, 6) is -1.07. The minimum atomic E-state index is -1.00. The number of para-hydroxylation sites is 1. The van der Waals surface area contributed by atoms with Crippen LogP contribution in [0.25, 0.3) is 6.08 Å². The van der Waals surface area contributed by atoms with E-state index >= 15 is 0 Å². The molecule has 1 heterocycles. The van der Waals surface area contributed by atoms with E-state index in [-0.39, 0.29) is 11.8 Å². The fraction of sp³-hybridized carbons (Fsp3) is 0.158. The van der Waals surface area contributed by atoms with Gasteiger partial charge in [-0.25, -0.2) is 4.79 Å². The van der Waals surface area contributed by atoms with Crippen LogP contribution >= 0.6 is 0 Å². The van der Waals surface area contributed by atoms with Crippen molar-refractivity contribution >= 4 is 23.6 Å². The smallest absolute Gasteiger partial charge is 0.328 e. The molecule has 1 saturated heterocycles. The molecule has 1 unspecified atom stereocenters. The molecule has 1 amide bonds. The van der Waals surface area contributed by atoms with E-state index in [2.05, 4.69) is 0 Å². The van der Waals surface area contributed by atoms with Crippen LogP contribution in [0.15, 0.2) is 60.7 Å². The number of carbonyl (C=O) groups excluding carboxylic acids is 1. The Morgan fingerprint density at radius 3 is 2.52 bits per heavy atom. The highest BCUT2D eigenvalue weighted by molar-refractivity contribution is 6.02. The van der Waals surface area contributed by atoms with E-state index in [1.807, 2.05) is 54.6 Å². The van der Waals surface area contributed by atoms with Crippen LogP contribution in [0.5, 0.6) is 0 Å². The number of benzene rings is 2. The maximum Gasteiger partial charge on any atom is 0.328 e. The molecule has 23 heavy (non-hydrogen) atoms. The molecule has 3 rings (SSSR count). The maximum absolute atomic E-state index is 12.8. The van der Waals surface area contributed by atoms with Gasteiger partial charge in [0.05, 0.1) is 11.6 Å². The number of rotatable bonds is 4. The number of carboxylic acids is 1. The maximum atomic E-state index is 12.8. The Hall–Kier alpha value is -2.88. The predicted octanol–water partition coefficient (Wildman–Crippen LogP) is 3.30. The van der Waals surface area contributed by atoms with Crippen molar-refractivity contribution in [1.29, 1.82) is 0 Å². The first-order valence-electron chi connectivity index (χ1n) is 7.53. The van der Waals surface area contributed by atoms with Crippen LogP contribution in [-0.2, 0) is 9.59 Å². The van der Waals surface area contributed by atoms with Crippen LogP contribution in [0.4, 0.5) is 5.69 Å². The van der Waals surface area contributed by atoms with Gasteiger partial charge < -0.3 is 10.0 Å². The third-order valence-corrected chi connectivity index (χ3v) is 4.04. The lowest BCUT2D eigenvalue weighted by Gasteiger charge is -2.19. The van der Waals surface area contributed by atoms with E-state index in [4.69, 9.17) is 5.11 Å². The zero-order chi connectivity index (χ0) is 16.2. The van der Waals surface area contributed by atoms with Gasteiger partial charge in [-0.1, -0.05) is 48.5 Å². The Morgan fingerprint density at radius 2 is 1.78 bits per heavy atom. The number of carboxylic acid groups (broad SMARTS) is 1. The molecule has 1 atom stereocenters. The number of nitrogens with zero attached hydrogens (tertiary/aromatic N) is 1. The van der Waals surface area contributed by atoms with Gasteiger partial charge in [0, 0.05) is 12.6 Å². The van der Waals surface area contributed by atoms with Gasteiger partial charge >= 0.3 is 5.97 Å². The van der Waals surface area contributed by atoms with Gasteiger partial charge in [-0.3, -0.25) is 4.79 Å². The topological polar surface area (TPSA) is 57.6 Å². The summed E-state index contributed by atoms with van der Waals surface area (Å²) >= 11 is 0. The number of anilines is 1. The average Bonchev–Trinajstić information content (AvgIpc) is 2.95. The standard InChI is InChI=1S/C19H17NO3/c21-18(22)11-10-15-8-4-5-9-17(15)20-13-12-16(19(20)23)14-6-2-1-3-7-14/h1-11,16H,12-13H2,(H,21,22)/b11-10+.